The average Bonchev–Trinajstić information content (AvgIpc) is 3.59. The molecule has 0 saturated carbocycles. The number of aryl methyl sites for hydroxylation is 2. The number of aromatic nitrogens is 2. The predicted octanol–water partition coefficient (Wildman–Crippen LogP) is 9.76. The molecule has 2 aliphatic rings. The number of hydrogen-bond acceptors (Lipinski definition) is 8. The van der Waals surface area contributed by atoms with Gasteiger partial charge < -0.3 is 23.3 Å². The van der Waals surface area contributed by atoms with Gasteiger partial charge in [0.1, 0.15) is 11.4 Å². The molecule has 0 bridgehead atoms. The summed E-state index contributed by atoms with van der Waals surface area (Å²) in [7, 11) is 3.79. The molecule has 7 rings (SSSR count). The molecular weight excluding hydrogens is 828 g/mol. The van der Waals surface area contributed by atoms with Gasteiger partial charge in [0, 0.05) is 69.6 Å². The number of benzene rings is 3. The fourth-order valence-electron chi connectivity index (χ4n) is 7.28. The number of carbonyl (C=O) groups excluding carboxylic acids is 3. The fourth-order valence-corrected chi connectivity index (χ4v) is 10.3. The molecule has 12 heteroatoms. The molecule has 1 aliphatic heterocycles. The Balaban J connectivity index is 1.40. The smallest absolute Gasteiger partial charge is 0.355 e. The van der Waals surface area contributed by atoms with E-state index in [0.29, 0.717) is 55.1 Å². The van der Waals surface area contributed by atoms with Gasteiger partial charge in [-0.25, -0.2) is 9.59 Å². The second-order valence-corrected chi connectivity index (χ2v) is 16.3. The van der Waals surface area contributed by atoms with E-state index in [1.165, 1.54) is 0 Å². The maximum absolute atomic E-state index is 14.5. The molecule has 52 heavy (non-hydrogen) atoms. The van der Waals surface area contributed by atoms with Gasteiger partial charge in [-0.3, -0.25) is 4.79 Å². The Morgan fingerprint density at radius 2 is 1.50 bits per heavy atom. The highest BCUT2D eigenvalue weighted by atomic mass is 79.9. The van der Waals surface area contributed by atoms with Crippen molar-refractivity contribution < 1.29 is 28.6 Å². The molecule has 8 nitrogen and oxygen atoms in total. The molecule has 2 aromatic heterocycles. The number of carbonyl (C=O) groups is 3. The Bertz CT molecular complexity index is 2260. The van der Waals surface area contributed by atoms with Crippen LogP contribution >= 0.6 is 55.4 Å². The van der Waals surface area contributed by atoms with Crippen molar-refractivity contribution in [2.24, 2.45) is 14.1 Å². The lowest BCUT2D eigenvalue weighted by atomic mass is 9.76. The Hall–Kier alpha value is -3.71. The summed E-state index contributed by atoms with van der Waals surface area (Å²) in [5, 5.41) is 0.902. The van der Waals surface area contributed by atoms with E-state index in [0.717, 1.165) is 37.5 Å². The van der Waals surface area contributed by atoms with E-state index >= 15 is 0 Å². The van der Waals surface area contributed by atoms with Crippen LogP contribution in [0.15, 0.2) is 85.5 Å². The lowest BCUT2D eigenvalue weighted by Crippen LogP contribution is -2.47. The van der Waals surface area contributed by atoms with E-state index < -0.39 is 17.5 Å². The molecule has 1 atom stereocenters. The van der Waals surface area contributed by atoms with Crippen LogP contribution in [-0.2, 0) is 51.9 Å². The number of ketones is 1. The van der Waals surface area contributed by atoms with Crippen molar-refractivity contribution in [3.05, 3.63) is 115 Å². The van der Waals surface area contributed by atoms with E-state index in [9.17, 15) is 14.4 Å². The van der Waals surface area contributed by atoms with Gasteiger partial charge in [-0.1, -0.05) is 36.4 Å². The normalized spacial score (nSPS) is 16.3. The van der Waals surface area contributed by atoms with Crippen molar-refractivity contribution >= 4 is 90.1 Å². The lowest BCUT2D eigenvalue weighted by Gasteiger charge is -2.40. The van der Waals surface area contributed by atoms with Crippen molar-refractivity contribution in [1.29, 1.82) is 0 Å². The largest absolute Gasteiger partial charge is 0.473 e. The van der Waals surface area contributed by atoms with Crippen LogP contribution in [0.1, 0.15) is 69.2 Å². The quantitative estimate of drug-likeness (QED) is 0.101. The topological polar surface area (TPSA) is 88.8 Å². The summed E-state index contributed by atoms with van der Waals surface area (Å²) >= 11 is 10.6. The van der Waals surface area contributed by atoms with Crippen molar-refractivity contribution in [3.63, 3.8) is 0 Å². The van der Waals surface area contributed by atoms with E-state index in [2.05, 4.69) is 31.9 Å². The van der Waals surface area contributed by atoms with Crippen LogP contribution in [-0.4, -0.2) is 40.1 Å². The number of ether oxygens (including phenoxy) is 3. The predicted molar refractivity (Wildman–Crippen MR) is 212 cm³/mol. The minimum Gasteiger partial charge on any atom is -0.473 e. The Labute approximate surface area is 327 Å². The third-order valence-corrected chi connectivity index (χ3v) is 12.8. The highest BCUT2D eigenvalue weighted by Crippen LogP contribution is 2.53. The Kier molecular flexibility index (Phi) is 10.5. The molecule has 0 amide bonds. The van der Waals surface area contributed by atoms with E-state index in [-0.39, 0.29) is 25.4 Å². The van der Waals surface area contributed by atoms with E-state index in [1.807, 2.05) is 90.0 Å². The summed E-state index contributed by atoms with van der Waals surface area (Å²) in [6.07, 6.45) is 2.48. The van der Waals surface area contributed by atoms with Crippen LogP contribution in [0.4, 0.5) is 0 Å². The molecule has 0 radical (unpaired) electrons. The summed E-state index contributed by atoms with van der Waals surface area (Å²) in [4.78, 5) is 44.1. The zero-order valence-corrected chi connectivity index (χ0v) is 33.9. The van der Waals surface area contributed by atoms with Crippen LogP contribution in [0.5, 0.6) is 5.75 Å². The number of halogens is 2. The molecule has 0 fully saturated rings. The average molecular weight is 865 g/mol. The van der Waals surface area contributed by atoms with Gasteiger partial charge in [0.25, 0.3) is 0 Å². The number of thioether (sulfide) groups is 2. The third-order valence-electron chi connectivity index (χ3n) is 9.61. The Morgan fingerprint density at radius 1 is 0.885 bits per heavy atom. The monoisotopic (exact) mass is 862 g/mol. The molecule has 1 spiro atoms. The highest BCUT2D eigenvalue weighted by molar-refractivity contribution is 9.12. The van der Waals surface area contributed by atoms with Gasteiger partial charge in [0.2, 0.25) is 11.4 Å². The maximum atomic E-state index is 14.5. The molecule has 3 aromatic carbocycles. The molecule has 268 valence electrons. The lowest BCUT2D eigenvalue weighted by molar-refractivity contribution is -0.132. The van der Waals surface area contributed by atoms with Gasteiger partial charge >= 0.3 is 11.9 Å². The summed E-state index contributed by atoms with van der Waals surface area (Å²) in [5.74, 6) is 0.338. The highest BCUT2D eigenvalue weighted by Gasteiger charge is 2.54. The molecule has 1 unspecified atom stereocenters. The van der Waals surface area contributed by atoms with Crippen molar-refractivity contribution in [2.45, 2.75) is 53.6 Å². The first-order chi connectivity index (χ1) is 25.1. The third kappa shape index (κ3) is 6.25. The first kappa shape index (κ1) is 36.6. The molecule has 0 saturated heterocycles. The van der Waals surface area contributed by atoms with Crippen LogP contribution < -0.4 is 4.74 Å². The Morgan fingerprint density at radius 3 is 2.13 bits per heavy atom. The summed E-state index contributed by atoms with van der Waals surface area (Å²) < 4.78 is 23.2. The zero-order chi connectivity index (χ0) is 36.7. The molecule has 5 aromatic rings. The van der Waals surface area contributed by atoms with Crippen LogP contribution in [0.2, 0.25) is 0 Å². The zero-order valence-electron chi connectivity index (χ0n) is 29.1. The summed E-state index contributed by atoms with van der Waals surface area (Å²) in [6.45, 7) is 4.00. The molecular formula is C40H36Br2N2O6S2. The minimum atomic E-state index is -1.51. The summed E-state index contributed by atoms with van der Waals surface area (Å²) in [5.41, 5.74) is 3.88. The summed E-state index contributed by atoms with van der Waals surface area (Å²) in [6, 6.07) is 22.0. The van der Waals surface area contributed by atoms with Crippen molar-refractivity contribution in [2.75, 3.05) is 13.2 Å². The van der Waals surface area contributed by atoms with Crippen LogP contribution in [0.25, 0.3) is 17.0 Å². The van der Waals surface area contributed by atoms with E-state index in [1.54, 1.807) is 43.4 Å². The second-order valence-electron chi connectivity index (χ2n) is 12.5. The standard InChI is InChI=1S/C40H36Br2N2O6S2/c1-5-48-38(46)33-31(22-52-24-15-11-8-12-16-24)43(3)30-20-28(42)37(45)40(34(30)33)18-17-25-32-26(21-51-23-13-9-7-10-14-23)35(39(47)49-6-2)44(4)29(32)19-27(41)36(25)50-40/h7-16,19-20H,5-6,17-18,21-22H2,1-4H3. The molecule has 3 heterocycles. The maximum Gasteiger partial charge on any atom is 0.355 e. The number of hydrogen-bond donors (Lipinski definition) is 0. The number of rotatable bonds is 10. The SMILES string of the molecule is CCOC(=O)c1c2c(n(C)c1CSc1ccccc1)C=C(Br)C(=O)C21CCc2c(c(Br)cc3c2c(CSc2ccccc2)c(C(=O)OCC)n3C)O1. The van der Waals surface area contributed by atoms with Gasteiger partial charge in [0.05, 0.1) is 38.9 Å². The van der Waals surface area contributed by atoms with Crippen molar-refractivity contribution in [3.8, 4) is 5.75 Å². The van der Waals surface area contributed by atoms with Crippen LogP contribution in [0.3, 0.4) is 0 Å². The first-order valence-electron chi connectivity index (χ1n) is 17.0. The van der Waals surface area contributed by atoms with Gasteiger partial charge in [-0.2, -0.15) is 0 Å². The van der Waals surface area contributed by atoms with Gasteiger partial charge in [-0.05, 0) is 88.5 Å². The van der Waals surface area contributed by atoms with Crippen LogP contribution in [0, 0.1) is 0 Å². The number of Topliss-reactive ketones (excluding diaryl/α,β-unsaturated/α-hetero) is 1. The number of fused-ring (bicyclic) bond motifs is 5. The van der Waals surface area contributed by atoms with Crippen molar-refractivity contribution in [1.82, 2.24) is 9.13 Å². The molecule has 1 aliphatic carbocycles. The minimum absolute atomic E-state index is 0.183. The van der Waals surface area contributed by atoms with Gasteiger partial charge in [0.15, 0.2) is 0 Å². The first-order valence-corrected chi connectivity index (χ1v) is 20.5. The fraction of sp³-hybridized carbons (Fsp3) is 0.275. The van der Waals surface area contributed by atoms with E-state index in [4.69, 9.17) is 14.2 Å². The second kappa shape index (κ2) is 15.0. The number of nitrogens with zero attached hydrogens (tertiary/aromatic N) is 2. The van der Waals surface area contributed by atoms with Gasteiger partial charge in [-0.15, -0.1) is 23.5 Å². The number of esters is 2. The molecule has 0 N–H and O–H groups in total.